The average molecular weight is 503 g/mol. The number of nitrogens with zero attached hydrogens (tertiary/aromatic N) is 2. The molecule has 3 amide bonds. The van der Waals surface area contributed by atoms with Crippen LogP contribution in [0.25, 0.3) is 0 Å². The number of aliphatic imine (C=N–C) groups is 1. The Morgan fingerprint density at radius 3 is 2.54 bits per heavy atom. The van der Waals surface area contributed by atoms with E-state index in [4.69, 9.17) is 16.3 Å². The van der Waals surface area contributed by atoms with E-state index in [9.17, 15) is 19.5 Å². The molecule has 35 heavy (non-hydrogen) atoms. The van der Waals surface area contributed by atoms with E-state index < -0.39 is 11.6 Å². The van der Waals surface area contributed by atoms with Gasteiger partial charge in [-0.25, -0.2) is 4.79 Å². The Morgan fingerprint density at radius 2 is 1.89 bits per heavy atom. The molecule has 2 fully saturated rings. The molecule has 1 aromatic rings. The van der Waals surface area contributed by atoms with Gasteiger partial charge >= 0.3 is 6.09 Å². The summed E-state index contributed by atoms with van der Waals surface area (Å²) in [4.78, 5) is 43.7. The van der Waals surface area contributed by atoms with E-state index in [-0.39, 0.29) is 53.9 Å². The molecule has 1 aliphatic carbocycles. The van der Waals surface area contributed by atoms with E-state index in [1.54, 1.807) is 23.1 Å². The SMILES string of the molecule is CC1C(C(=O)NC2[C@H]3CN(C(=O)OC(C)(C)C)C[C@@H]23)=NC=CC1NC(=O)Cc1cc(Cl)ccc1O. The second-order valence-electron chi connectivity index (χ2n) is 10.4. The number of likely N-dealkylation sites (tertiary alicyclic amines) is 1. The molecule has 3 N–H and O–H groups in total. The standard InChI is InChI=1S/C25H31ClN4O5/c1-13-18(28-20(32)10-14-9-15(26)5-6-19(14)31)7-8-27-21(13)23(33)29-22-16-11-30(12-17(16)22)24(34)35-25(2,3)4/h5-9,13,16-18,22,31H,10-12H2,1-4H3,(H,28,32)(H,29,33)/t13?,16-,17+,18?,22?. The number of ether oxygens (including phenoxy) is 1. The molecule has 2 heterocycles. The summed E-state index contributed by atoms with van der Waals surface area (Å²) in [5.74, 6) is -0.487. The van der Waals surface area contributed by atoms with Crippen molar-refractivity contribution in [2.45, 2.75) is 51.8 Å². The molecule has 1 saturated heterocycles. The van der Waals surface area contributed by atoms with Gasteiger partial charge in [-0.05, 0) is 45.0 Å². The van der Waals surface area contributed by atoms with Gasteiger partial charge in [0.15, 0.2) is 0 Å². The topological polar surface area (TPSA) is 120 Å². The van der Waals surface area contributed by atoms with Gasteiger partial charge in [0.2, 0.25) is 5.91 Å². The zero-order valence-corrected chi connectivity index (χ0v) is 21.0. The molecule has 0 spiro atoms. The summed E-state index contributed by atoms with van der Waals surface area (Å²) in [6.45, 7) is 8.46. The van der Waals surface area contributed by atoms with Crippen LogP contribution < -0.4 is 10.6 Å². The highest BCUT2D eigenvalue weighted by Gasteiger charge is 2.58. The molecule has 9 nitrogen and oxygen atoms in total. The Balaban J connectivity index is 1.27. The fourth-order valence-electron chi connectivity index (χ4n) is 4.66. The van der Waals surface area contributed by atoms with Crippen molar-refractivity contribution in [1.82, 2.24) is 15.5 Å². The van der Waals surface area contributed by atoms with Crippen LogP contribution in [-0.4, -0.2) is 64.4 Å². The first kappa shape index (κ1) is 25.0. The lowest BCUT2D eigenvalue weighted by molar-refractivity contribution is -0.121. The third-order valence-electron chi connectivity index (χ3n) is 6.57. The third kappa shape index (κ3) is 5.78. The lowest BCUT2D eigenvalue weighted by Gasteiger charge is -2.27. The molecule has 2 aliphatic heterocycles. The number of piperidine rings is 1. The van der Waals surface area contributed by atoms with E-state index in [0.29, 0.717) is 29.4 Å². The maximum atomic E-state index is 13.0. The number of benzene rings is 1. The van der Waals surface area contributed by atoms with E-state index in [1.807, 2.05) is 27.7 Å². The number of rotatable bonds is 5. The zero-order valence-electron chi connectivity index (χ0n) is 20.2. The van der Waals surface area contributed by atoms with Crippen LogP contribution >= 0.6 is 11.6 Å². The first-order valence-electron chi connectivity index (χ1n) is 11.7. The van der Waals surface area contributed by atoms with E-state index in [2.05, 4.69) is 15.6 Å². The number of hydrogen-bond donors (Lipinski definition) is 3. The van der Waals surface area contributed by atoms with Crippen molar-refractivity contribution in [2.75, 3.05) is 13.1 Å². The fraction of sp³-hybridized carbons (Fsp3) is 0.520. The molecule has 0 aromatic heterocycles. The zero-order chi connectivity index (χ0) is 25.5. The van der Waals surface area contributed by atoms with Crippen molar-refractivity contribution in [3.8, 4) is 5.75 Å². The number of fused-ring (bicyclic) bond motifs is 1. The molecule has 1 saturated carbocycles. The molecule has 0 bridgehead atoms. The largest absolute Gasteiger partial charge is 0.508 e. The van der Waals surface area contributed by atoms with Crippen LogP contribution in [-0.2, 0) is 20.7 Å². The van der Waals surface area contributed by atoms with Crippen LogP contribution in [0.3, 0.4) is 0 Å². The van der Waals surface area contributed by atoms with Gasteiger partial charge in [0.1, 0.15) is 17.1 Å². The summed E-state index contributed by atoms with van der Waals surface area (Å²) in [5, 5.41) is 16.3. The van der Waals surface area contributed by atoms with Gasteiger partial charge in [-0.3, -0.25) is 14.6 Å². The second kappa shape index (κ2) is 9.53. The third-order valence-corrected chi connectivity index (χ3v) is 6.81. The molecule has 10 heteroatoms. The fourth-order valence-corrected chi connectivity index (χ4v) is 4.85. The molecule has 3 unspecified atom stereocenters. The molecule has 0 radical (unpaired) electrons. The summed E-state index contributed by atoms with van der Waals surface area (Å²) in [6.07, 6.45) is 2.90. The van der Waals surface area contributed by atoms with E-state index >= 15 is 0 Å². The van der Waals surface area contributed by atoms with Crippen LogP contribution in [0, 0.1) is 17.8 Å². The Kier molecular flexibility index (Phi) is 6.81. The smallest absolute Gasteiger partial charge is 0.410 e. The van der Waals surface area contributed by atoms with E-state index in [1.165, 1.54) is 12.3 Å². The molecule has 5 atom stereocenters. The van der Waals surface area contributed by atoms with Gasteiger partial charge in [0, 0.05) is 53.7 Å². The molecule has 4 rings (SSSR count). The van der Waals surface area contributed by atoms with Crippen LogP contribution in [0.4, 0.5) is 4.79 Å². The predicted octanol–water partition coefficient (Wildman–Crippen LogP) is 2.66. The van der Waals surface area contributed by atoms with Crippen LogP contribution in [0.15, 0.2) is 35.5 Å². The van der Waals surface area contributed by atoms with E-state index in [0.717, 1.165) is 0 Å². The number of phenols is 1. The monoisotopic (exact) mass is 502 g/mol. The number of nitrogens with one attached hydrogen (secondary N) is 2. The van der Waals surface area contributed by atoms with Crippen LogP contribution in [0.1, 0.15) is 33.3 Å². The van der Waals surface area contributed by atoms with Crippen molar-refractivity contribution in [3.63, 3.8) is 0 Å². The average Bonchev–Trinajstić information content (AvgIpc) is 3.18. The van der Waals surface area contributed by atoms with Crippen molar-refractivity contribution < 1.29 is 24.2 Å². The highest BCUT2D eigenvalue weighted by molar-refractivity contribution is 6.40. The highest BCUT2D eigenvalue weighted by Crippen LogP contribution is 2.45. The number of carbonyl (C=O) groups is 3. The van der Waals surface area contributed by atoms with Gasteiger partial charge in [-0.1, -0.05) is 18.5 Å². The van der Waals surface area contributed by atoms with Crippen LogP contribution in [0.2, 0.25) is 5.02 Å². The number of hydrogen-bond acceptors (Lipinski definition) is 6. The number of aromatic hydroxyl groups is 1. The number of phenolic OH excluding ortho intramolecular Hbond substituents is 1. The maximum absolute atomic E-state index is 13.0. The van der Waals surface area contributed by atoms with Gasteiger partial charge in [-0.2, -0.15) is 0 Å². The summed E-state index contributed by atoms with van der Waals surface area (Å²) < 4.78 is 5.43. The van der Waals surface area contributed by atoms with Crippen molar-refractivity contribution in [1.29, 1.82) is 0 Å². The second-order valence-corrected chi connectivity index (χ2v) is 10.8. The quantitative estimate of drug-likeness (QED) is 0.571. The Hall–Kier alpha value is -3.07. The van der Waals surface area contributed by atoms with Gasteiger partial charge in [-0.15, -0.1) is 0 Å². The van der Waals surface area contributed by atoms with Crippen LogP contribution in [0.5, 0.6) is 5.75 Å². The molecule has 1 aromatic carbocycles. The summed E-state index contributed by atoms with van der Waals surface area (Å²) in [5.41, 5.74) is 0.230. The molecule has 3 aliphatic rings. The van der Waals surface area contributed by atoms with Gasteiger partial charge in [0.05, 0.1) is 12.5 Å². The first-order chi connectivity index (χ1) is 16.4. The van der Waals surface area contributed by atoms with Gasteiger partial charge < -0.3 is 25.4 Å². The number of carbonyl (C=O) groups excluding carboxylic acids is 3. The van der Waals surface area contributed by atoms with Crippen molar-refractivity contribution in [2.24, 2.45) is 22.7 Å². The summed E-state index contributed by atoms with van der Waals surface area (Å²) in [6, 6.07) is 4.13. The minimum Gasteiger partial charge on any atom is -0.508 e. The maximum Gasteiger partial charge on any atom is 0.410 e. The lowest BCUT2D eigenvalue weighted by atomic mass is 9.93. The molecular weight excluding hydrogens is 472 g/mol. The Labute approximate surface area is 209 Å². The Bertz CT molecular complexity index is 1080. The van der Waals surface area contributed by atoms with Crippen molar-refractivity contribution >= 4 is 35.2 Å². The Morgan fingerprint density at radius 1 is 1.20 bits per heavy atom. The summed E-state index contributed by atoms with van der Waals surface area (Å²) in [7, 11) is 0. The molecule has 188 valence electrons. The minimum absolute atomic E-state index is 0.000776. The normalized spacial score (nSPS) is 27.1. The van der Waals surface area contributed by atoms with Crippen molar-refractivity contribution in [3.05, 3.63) is 41.1 Å². The summed E-state index contributed by atoms with van der Waals surface area (Å²) >= 11 is 5.96. The number of halogens is 1. The molecular formula is C25H31ClN4O5. The minimum atomic E-state index is -0.541. The first-order valence-corrected chi connectivity index (χ1v) is 12.1. The highest BCUT2D eigenvalue weighted by atomic mass is 35.5. The van der Waals surface area contributed by atoms with Gasteiger partial charge in [0.25, 0.3) is 5.91 Å². The predicted molar refractivity (Wildman–Crippen MR) is 131 cm³/mol. The number of amides is 3. The lowest BCUT2D eigenvalue weighted by Crippen LogP contribution is -2.48.